The summed E-state index contributed by atoms with van der Waals surface area (Å²) in [6.07, 6.45) is 7.14. The summed E-state index contributed by atoms with van der Waals surface area (Å²) in [6.45, 7) is 0.514. The molecular formula is C10H15N3O2S. The summed E-state index contributed by atoms with van der Waals surface area (Å²) in [5.41, 5.74) is -0.0770. The molecule has 16 heavy (non-hydrogen) atoms. The molecule has 1 aliphatic rings. The first-order valence-electron chi connectivity index (χ1n) is 5.29. The van der Waals surface area contributed by atoms with E-state index in [1.807, 2.05) is 0 Å². The fraction of sp³-hybridized carbons (Fsp3) is 0.600. The average Bonchev–Trinajstić information content (AvgIpc) is 3.04. The molecule has 6 heteroatoms. The van der Waals surface area contributed by atoms with Gasteiger partial charge in [-0.2, -0.15) is 0 Å². The van der Waals surface area contributed by atoms with Crippen molar-refractivity contribution in [1.82, 2.24) is 9.55 Å². The third-order valence-corrected chi connectivity index (χ3v) is 3.27. The summed E-state index contributed by atoms with van der Waals surface area (Å²) in [4.78, 5) is 15.9. The van der Waals surface area contributed by atoms with Crippen LogP contribution in [0.25, 0.3) is 0 Å². The lowest BCUT2D eigenvalue weighted by Crippen LogP contribution is -2.25. The molecule has 2 rings (SSSR count). The monoisotopic (exact) mass is 241 g/mol. The second-order valence-electron chi connectivity index (χ2n) is 3.92. The first-order valence-corrected chi connectivity index (χ1v) is 7.02. The van der Waals surface area contributed by atoms with Crippen LogP contribution in [0.1, 0.15) is 18.9 Å². The van der Waals surface area contributed by atoms with E-state index in [2.05, 4.69) is 10.3 Å². The van der Waals surface area contributed by atoms with E-state index in [4.69, 9.17) is 0 Å². The minimum absolute atomic E-state index is 0.0770. The Hall–Kier alpha value is -1.17. The Morgan fingerprint density at radius 2 is 2.38 bits per heavy atom. The van der Waals surface area contributed by atoms with Gasteiger partial charge in [0, 0.05) is 47.8 Å². The van der Waals surface area contributed by atoms with E-state index < -0.39 is 10.8 Å². The van der Waals surface area contributed by atoms with Gasteiger partial charge in [-0.25, -0.2) is 4.98 Å². The average molecular weight is 241 g/mol. The van der Waals surface area contributed by atoms with E-state index in [9.17, 15) is 9.00 Å². The molecule has 1 unspecified atom stereocenters. The highest BCUT2D eigenvalue weighted by atomic mass is 32.2. The van der Waals surface area contributed by atoms with Gasteiger partial charge in [0.2, 0.25) is 0 Å². The zero-order valence-electron chi connectivity index (χ0n) is 9.18. The van der Waals surface area contributed by atoms with Crippen molar-refractivity contribution in [2.45, 2.75) is 18.9 Å². The summed E-state index contributed by atoms with van der Waals surface area (Å²) in [5.74, 6) is 0.888. The predicted molar refractivity (Wildman–Crippen MR) is 64.2 cm³/mol. The maximum absolute atomic E-state index is 11.9. The lowest BCUT2D eigenvalue weighted by atomic mass is 10.5. The molecule has 0 aromatic carbocycles. The Morgan fingerprint density at radius 1 is 1.62 bits per heavy atom. The molecule has 1 atom stereocenters. The van der Waals surface area contributed by atoms with Crippen LogP contribution in [-0.2, 0) is 10.8 Å². The molecule has 0 radical (unpaired) electrons. The van der Waals surface area contributed by atoms with Gasteiger partial charge in [-0.05, 0) is 12.8 Å². The quantitative estimate of drug-likeness (QED) is 0.809. The molecule has 1 fully saturated rings. The predicted octanol–water partition coefficient (Wildman–Crippen LogP) is 0.369. The standard InChI is InChI=1S/C10H15N3O2S/c1-16(15)7-5-12-9-10(14)13(6-4-11-9)8-2-3-8/h4,6,8H,2-3,5,7H2,1H3,(H,11,12). The molecule has 0 spiro atoms. The van der Waals surface area contributed by atoms with Crippen molar-refractivity contribution in [2.24, 2.45) is 0 Å². The molecule has 0 bridgehead atoms. The van der Waals surface area contributed by atoms with E-state index in [0.717, 1.165) is 12.8 Å². The second-order valence-corrected chi connectivity index (χ2v) is 5.48. The number of hydrogen-bond acceptors (Lipinski definition) is 4. The van der Waals surface area contributed by atoms with Gasteiger partial charge in [0.05, 0.1) is 0 Å². The fourth-order valence-corrected chi connectivity index (χ4v) is 1.89. The van der Waals surface area contributed by atoms with Gasteiger partial charge in [0.1, 0.15) is 0 Å². The van der Waals surface area contributed by atoms with Crippen LogP contribution >= 0.6 is 0 Å². The SMILES string of the molecule is CS(=O)CCNc1nccn(C2CC2)c1=O. The summed E-state index contributed by atoms with van der Waals surface area (Å²) in [6, 6.07) is 0.358. The van der Waals surface area contributed by atoms with Crippen LogP contribution in [0.5, 0.6) is 0 Å². The molecular weight excluding hydrogens is 226 g/mol. The van der Waals surface area contributed by atoms with Crippen molar-refractivity contribution in [3.63, 3.8) is 0 Å². The largest absolute Gasteiger partial charge is 0.365 e. The van der Waals surface area contributed by atoms with Crippen molar-refractivity contribution < 1.29 is 4.21 Å². The molecule has 1 aliphatic carbocycles. The van der Waals surface area contributed by atoms with Gasteiger partial charge in [0.25, 0.3) is 5.56 Å². The van der Waals surface area contributed by atoms with E-state index in [-0.39, 0.29) is 5.56 Å². The lowest BCUT2D eigenvalue weighted by Gasteiger charge is -2.07. The highest BCUT2D eigenvalue weighted by Crippen LogP contribution is 2.33. The molecule has 5 nitrogen and oxygen atoms in total. The summed E-state index contributed by atoms with van der Waals surface area (Å²) >= 11 is 0. The molecule has 1 saturated carbocycles. The molecule has 1 heterocycles. The van der Waals surface area contributed by atoms with Crippen molar-refractivity contribution in [2.75, 3.05) is 23.9 Å². The summed E-state index contributed by atoms with van der Waals surface area (Å²) < 4.78 is 12.6. The number of aromatic nitrogens is 2. The molecule has 1 aromatic rings. The van der Waals surface area contributed by atoms with Crippen molar-refractivity contribution in [1.29, 1.82) is 0 Å². The first-order chi connectivity index (χ1) is 7.68. The van der Waals surface area contributed by atoms with Crippen LogP contribution in [0, 0.1) is 0 Å². The van der Waals surface area contributed by atoms with Gasteiger partial charge in [-0.3, -0.25) is 9.00 Å². The third-order valence-electron chi connectivity index (χ3n) is 2.49. The van der Waals surface area contributed by atoms with Gasteiger partial charge < -0.3 is 9.88 Å². The van der Waals surface area contributed by atoms with Gasteiger partial charge in [0.15, 0.2) is 5.82 Å². The van der Waals surface area contributed by atoms with Crippen molar-refractivity contribution in [3.8, 4) is 0 Å². The Balaban J connectivity index is 2.06. The number of hydrogen-bond donors (Lipinski definition) is 1. The molecule has 0 aliphatic heterocycles. The zero-order valence-corrected chi connectivity index (χ0v) is 10.00. The second kappa shape index (κ2) is 4.78. The molecule has 1 N–H and O–H groups in total. The lowest BCUT2D eigenvalue weighted by molar-refractivity contribution is 0.686. The zero-order chi connectivity index (χ0) is 11.5. The highest BCUT2D eigenvalue weighted by molar-refractivity contribution is 7.84. The Morgan fingerprint density at radius 3 is 3.00 bits per heavy atom. The van der Waals surface area contributed by atoms with Crippen LogP contribution in [0.2, 0.25) is 0 Å². The van der Waals surface area contributed by atoms with E-state index in [1.54, 1.807) is 23.2 Å². The minimum atomic E-state index is -0.847. The normalized spacial score (nSPS) is 17.1. The molecule has 88 valence electrons. The topological polar surface area (TPSA) is 64.0 Å². The van der Waals surface area contributed by atoms with Crippen LogP contribution in [0.3, 0.4) is 0 Å². The van der Waals surface area contributed by atoms with Crippen molar-refractivity contribution in [3.05, 3.63) is 22.7 Å². The van der Waals surface area contributed by atoms with E-state index >= 15 is 0 Å². The maximum atomic E-state index is 11.9. The number of nitrogens with one attached hydrogen (secondary N) is 1. The molecule has 1 aromatic heterocycles. The number of nitrogens with zero attached hydrogens (tertiary/aromatic N) is 2. The fourth-order valence-electron chi connectivity index (χ4n) is 1.50. The Kier molecular flexibility index (Phi) is 3.38. The van der Waals surface area contributed by atoms with Crippen LogP contribution in [0.15, 0.2) is 17.2 Å². The van der Waals surface area contributed by atoms with Gasteiger partial charge in [-0.15, -0.1) is 0 Å². The highest BCUT2D eigenvalue weighted by Gasteiger charge is 2.25. The van der Waals surface area contributed by atoms with E-state index in [1.165, 1.54) is 0 Å². The maximum Gasteiger partial charge on any atom is 0.293 e. The number of anilines is 1. The summed E-state index contributed by atoms with van der Waals surface area (Å²) in [7, 11) is -0.847. The number of rotatable bonds is 5. The van der Waals surface area contributed by atoms with Crippen LogP contribution in [0.4, 0.5) is 5.82 Å². The summed E-state index contributed by atoms with van der Waals surface area (Å²) in [5, 5.41) is 2.93. The molecule has 0 saturated heterocycles. The van der Waals surface area contributed by atoms with Gasteiger partial charge in [-0.1, -0.05) is 0 Å². The Bertz CT molecular complexity index is 454. The van der Waals surface area contributed by atoms with Gasteiger partial charge >= 0.3 is 0 Å². The minimum Gasteiger partial charge on any atom is -0.365 e. The van der Waals surface area contributed by atoms with E-state index in [0.29, 0.717) is 24.2 Å². The van der Waals surface area contributed by atoms with Crippen LogP contribution in [-0.4, -0.2) is 32.3 Å². The van der Waals surface area contributed by atoms with Crippen molar-refractivity contribution >= 4 is 16.6 Å². The Labute approximate surface area is 96.4 Å². The first kappa shape index (κ1) is 11.3. The smallest absolute Gasteiger partial charge is 0.293 e. The third kappa shape index (κ3) is 2.69. The van der Waals surface area contributed by atoms with Crippen LogP contribution < -0.4 is 10.9 Å². The molecule has 0 amide bonds.